The number of carbonyl (C=O) groups is 2. The van der Waals surface area contributed by atoms with Crippen molar-refractivity contribution in [2.45, 2.75) is 26.4 Å². The Hall–Kier alpha value is -3.32. The predicted molar refractivity (Wildman–Crippen MR) is 126 cm³/mol. The lowest BCUT2D eigenvalue weighted by molar-refractivity contribution is -0.136. The zero-order valence-corrected chi connectivity index (χ0v) is 19.0. The number of amides is 2. The number of para-hydroxylation sites is 1. The summed E-state index contributed by atoms with van der Waals surface area (Å²) in [5.74, 6) is -1.40. The summed E-state index contributed by atoms with van der Waals surface area (Å²) in [6, 6.07) is 15.3. The van der Waals surface area contributed by atoms with E-state index in [1.165, 1.54) is 23.8 Å². The van der Waals surface area contributed by atoms with Crippen LogP contribution in [0.3, 0.4) is 0 Å². The molecular weight excluding hydrogens is 419 g/mol. The minimum Gasteiger partial charge on any atom is -0.340 e. The number of rotatable bonds is 6. The molecule has 1 aliphatic rings. The molecule has 2 amide bonds. The zero-order chi connectivity index (χ0) is 23.4. The maximum Gasteiger partial charge on any atom is 0.254 e. The zero-order valence-electron chi connectivity index (χ0n) is 19.0. The third-order valence-electron chi connectivity index (χ3n) is 6.13. The van der Waals surface area contributed by atoms with E-state index in [0.717, 1.165) is 30.5 Å². The molecule has 33 heavy (non-hydrogen) atoms. The summed E-state index contributed by atoms with van der Waals surface area (Å²) < 4.78 is 14.0. The molecule has 1 atom stereocenters. The van der Waals surface area contributed by atoms with Gasteiger partial charge >= 0.3 is 0 Å². The number of piperazine rings is 1. The van der Waals surface area contributed by atoms with Crippen LogP contribution < -0.4 is 5.32 Å². The topological polar surface area (TPSA) is 65.5 Å². The highest BCUT2D eigenvalue weighted by atomic mass is 19.1. The van der Waals surface area contributed by atoms with Gasteiger partial charge in [-0.2, -0.15) is 0 Å². The number of aromatic nitrogens is 1. The van der Waals surface area contributed by atoms with Gasteiger partial charge in [0.15, 0.2) is 0 Å². The molecule has 0 radical (unpaired) electrons. The maximum absolute atomic E-state index is 14.0. The van der Waals surface area contributed by atoms with Crippen molar-refractivity contribution in [1.82, 2.24) is 20.1 Å². The predicted octanol–water partition coefficient (Wildman–Crippen LogP) is 3.47. The van der Waals surface area contributed by atoms with Gasteiger partial charge in [-0.3, -0.25) is 19.5 Å². The highest BCUT2D eigenvalue weighted by molar-refractivity contribution is 5.97. The third-order valence-corrected chi connectivity index (χ3v) is 6.13. The van der Waals surface area contributed by atoms with Gasteiger partial charge in [0.2, 0.25) is 5.91 Å². The number of hydrogen-bond donors (Lipinski definition) is 1. The molecule has 1 unspecified atom stereocenters. The number of nitrogens with one attached hydrogen (secondary N) is 1. The Bertz CT molecular complexity index is 1140. The second kappa shape index (κ2) is 10.1. The molecule has 172 valence electrons. The average Bonchev–Trinajstić information content (AvgIpc) is 2.83. The summed E-state index contributed by atoms with van der Waals surface area (Å²) in [5.41, 5.74) is 2.13. The first-order valence-electron chi connectivity index (χ1n) is 11.3. The van der Waals surface area contributed by atoms with Gasteiger partial charge in [-0.1, -0.05) is 50.2 Å². The van der Waals surface area contributed by atoms with Crippen molar-refractivity contribution in [3.8, 4) is 0 Å². The summed E-state index contributed by atoms with van der Waals surface area (Å²) >= 11 is 0. The van der Waals surface area contributed by atoms with Crippen molar-refractivity contribution in [3.63, 3.8) is 0 Å². The number of nitrogens with zero attached hydrogens (tertiary/aromatic N) is 3. The van der Waals surface area contributed by atoms with Gasteiger partial charge < -0.3 is 10.2 Å². The smallest absolute Gasteiger partial charge is 0.254 e. The van der Waals surface area contributed by atoms with Crippen LogP contribution in [-0.2, 0) is 11.3 Å². The van der Waals surface area contributed by atoms with E-state index < -0.39 is 17.8 Å². The summed E-state index contributed by atoms with van der Waals surface area (Å²) in [6.07, 6.45) is 1.81. The van der Waals surface area contributed by atoms with Crippen molar-refractivity contribution < 1.29 is 14.0 Å². The van der Waals surface area contributed by atoms with Crippen LogP contribution in [0.4, 0.5) is 4.39 Å². The monoisotopic (exact) mass is 448 g/mol. The van der Waals surface area contributed by atoms with Crippen LogP contribution in [0.15, 0.2) is 60.8 Å². The second-order valence-electron chi connectivity index (χ2n) is 8.77. The van der Waals surface area contributed by atoms with Crippen molar-refractivity contribution in [2.24, 2.45) is 5.92 Å². The van der Waals surface area contributed by atoms with E-state index in [1.54, 1.807) is 11.0 Å². The Morgan fingerprint density at radius 2 is 1.73 bits per heavy atom. The molecular formula is C26H29FN4O2. The molecule has 1 N–H and O–H groups in total. The van der Waals surface area contributed by atoms with Crippen LogP contribution in [0.2, 0.25) is 0 Å². The van der Waals surface area contributed by atoms with Crippen LogP contribution in [0, 0.1) is 11.7 Å². The van der Waals surface area contributed by atoms with Gasteiger partial charge in [0, 0.05) is 44.3 Å². The minimum atomic E-state index is -0.703. The SMILES string of the molecule is CC(C)C(NC(=O)c1ccccc1F)C(=O)N1CCN(Cc2cccc3cccnc23)CC1. The Balaban J connectivity index is 1.38. The molecule has 1 aliphatic heterocycles. The molecule has 1 aromatic heterocycles. The van der Waals surface area contributed by atoms with E-state index in [2.05, 4.69) is 33.4 Å². The van der Waals surface area contributed by atoms with Crippen molar-refractivity contribution in [1.29, 1.82) is 0 Å². The molecule has 7 heteroatoms. The molecule has 6 nitrogen and oxygen atoms in total. The fourth-order valence-corrected chi connectivity index (χ4v) is 4.24. The van der Waals surface area contributed by atoms with Gasteiger partial charge in [0.25, 0.3) is 5.91 Å². The first kappa shape index (κ1) is 22.9. The molecule has 1 fully saturated rings. The van der Waals surface area contributed by atoms with Crippen LogP contribution in [0.25, 0.3) is 10.9 Å². The molecule has 2 aromatic carbocycles. The maximum atomic E-state index is 14.0. The average molecular weight is 449 g/mol. The molecule has 1 saturated heterocycles. The number of fused-ring (bicyclic) bond motifs is 1. The number of benzene rings is 2. The van der Waals surface area contributed by atoms with Gasteiger partial charge in [-0.25, -0.2) is 4.39 Å². The normalized spacial score (nSPS) is 15.6. The Morgan fingerprint density at radius 3 is 2.45 bits per heavy atom. The fraction of sp³-hybridized carbons (Fsp3) is 0.346. The largest absolute Gasteiger partial charge is 0.340 e. The lowest BCUT2D eigenvalue weighted by atomic mass is 10.0. The van der Waals surface area contributed by atoms with Gasteiger partial charge in [-0.05, 0) is 29.7 Å². The van der Waals surface area contributed by atoms with E-state index in [-0.39, 0.29) is 17.4 Å². The van der Waals surface area contributed by atoms with Crippen LogP contribution in [0.1, 0.15) is 29.8 Å². The highest BCUT2D eigenvalue weighted by Gasteiger charge is 2.31. The molecule has 0 bridgehead atoms. The van der Waals surface area contributed by atoms with Crippen molar-refractivity contribution in [2.75, 3.05) is 26.2 Å². The lowest BCUT2D eigenvalue weighted by Crippen LogP contribution is -2.56. The van der Waals surface area contributed by atoms with E-state index in [1.807, 2.05) is 32.2 Å². The Kier molecular flexibility index (Phi) is 6.99. The van der Waals surface area contributed by atoms with E-state index in [4.69, 9.17) is 0 Å². The van der Waals surface area contributed by atoms with Crippen molar-refractivity contribution >= 4 is 22.7 Å². The fourth-order valence-electron chi connectivity index (χ4n) is 4.24. The van der Waals surface area contributed by atoms with E-state index in [0.29, 0.717) is 13.1 Å². The van der Waals surface area contributed by atoms with E-state index in [9.17, 15) is 14.0 Å². The number of hydrogen-bond acceptors (Lipinski definition) is 4. The summed E-state index contributed by atoms with van der Waals surface area (Å²) in [4.78, 5) is 34.5. The molecule has 0 aliphatic carbocycles. The van der Waals surface area contributed by atoms with Crippen molar-refractivity contribution in [3.05, 3.63) is 77.7 Å². The summed E-state index contributed by atoms with van der Waals surface area (Å²) in [6.45, 7) is 7.17. The standard InChI is InChI=1S/C26H29FN4O2/c1-18(2)23(29-25(32)21-10-3-4-11-22(21)27)26(33)31-15-13-30(14-16-31)17-20-8-5-7-19-9-6-12-28-24(19)20/h3-12,18,23H,13-17H2,1-2H3,(H,29,32). The number of halogens is 1. The van der Waals surface area contributed by atoms with Gasteiger partial charge in [-0.15, -0.1) is 0 Å². The third kappa shape index (κ3) is 5.20. The Morgan fingerprint density at radius 1 is 1.00 bits per heavy atom. The Labute approximate surface area is 193 Å². The first-order valence-corrected chi connectivity index (χ1v) is 11.3. The molecule has 3 aromatic rings. The van der Waals surface area contributed by atoms with Gasteiger partial charge in [0.05, 0.1) is 11.1 Å². The van der Waals surface area contributed by atoms with Crippen LogP contribution >= 0.6 is 0 Å². The van der Waals surface area contributed by atoms with Crippen LogP contribution in [-0.4, -0.2) is 58.8 Å². The summed E-state index contributed by atoms with van der Waals surface area (Å²) in [7, 11) is 0. The second-order valence-corrected chi connectivity index (χ2v) is 8.77. The quantitative estimate of drug-likeness (QED) is 0.627. The van der Waals surface area contributed by atoms with Gasteiger partial charge in [0.1, 0.15) is 11.9 Å². The molecule has 2 heterocycles. The number of carbonyl (C=O) groups excluding carboxylic acids is 2. The minimum absolute atomic E-state index is 0.0514. The lowest BCUT2D eigenvalue weighted by Gasteiger charge is -2.37. The molecule has 0 spiro atoms. The highest BCUT2D eigenvalue weighted by Crippen LogP contribution is 2.19. The van der Waals surface area contributed by atoms with E-state index >= 15 is 0 Å². The molecule has 4 rings (SSSR count). The number of pyridine rings is 1. The first-order chi connectivity index (χ1) is 15.9. The summed E-state index contributed by atoms with van der Waals surface area (Å²) in [5, 5.41) is 3.87. The molecule has 0 saturated carbocycles. The van der Waals surface area contributed by atoms with Crippen LogP contribution in [0.5, 0.6) is 0 Å².